The van der Waals surface area contributed by atoms with Crippen LogP contribution in [-0.2, 0) is 10.1 Å². The Hall–Kier alpha value is -0.660. The Balaban J connectivity index is -0.000000276. The van der Waals surface area contributed by atoms with Gasteiger partial charge in [0.05, 0.1) is 4.90 Å². The van der Waals surface area contributed by atoms with Crippen LogP contribution in [0.25, 0.3) is 0 Å². The van der Waals surface area contributed by atoms with E-state index in [0.29, 0.717) is 0 Å². The van der Waals surface area contributed by atoms with Crippen LogP contribution in [0, 0.1) is 6.92 Å². The fraction of sp³-hybridized carbons (Fsp3) is 0.455. The lowest BCUT2D eigenvalue weighted by molar-refractivity contribution is 0.483. The van der Waals surface area contributed by atoms with Crippen LogP contribution in [0.15, 0.2) is 29.2 Å². The molecule has 0 unspecified atom stereocenters. The van der Waals surface area contributed by atoms with Gasteiger partial charge in [-0.2, -0.15) is 8.42 Å². The molecule has 0 spiro atoms. The summed E-state index contributed by atoms with van der Waals surface area (Å²) in [6.07, 6.45) is 0. The van der Waals surface area contributed by atoms with E-state index in [1.54, 1.807) is 12.1 Å². The van der Waals surface area contributed by atoms with E-state index < -0.39 is 10.1 Å². The number of rotatable bonds is 1. The van der Waals surface area contributed by atoms with Crippen molar-refractivity contribution in [3.05, 3.63) is 29.8 Å². The van der Waals surface area contributed by atoms with Gasteiger partial charge in [-0.1, -0.05) is 17.7 Å². The molecule has 0 fully saturated rings. The summed E-state index contributed by atoms with van der Waals surface area (Å²) >= 11 is 0. The minimum absolute atomic E-state index is 0. The van der Waals surface area contributed by atoms with Crippen molar-refractivity contribution in [3.8, 4) is 0 Å². The van der Waals surface area contributed by atoms with Crippen molar-refractivity contribution in [1.29, 1.82) is 0 Å². The second-order valence-electron chi connectivity index (χ2n) is 3.29. The molecule has 5 nitrogen and oxygen atoms in total. The van der Waals surface area contributed by atoms with Crippen LogP contribution in [0.4, 0.5) is 0 Å². The van der Waals surface area contributed by atoms with Crippen molar-refractivity contribution in [2.75, 3.05) is 28.2 Å². The molecule has 0 aliphatic heterocycles. The van der Waals surface area contributed by atoms with Crippen LogP contribution < -0.4 is 10.6 Å². The maximum atomic E-state index is 10.5. The molecule has 18 heavy (non-hydrogen) atoms. The SMILES string of the molecule is CNC.CNC.Cc1ccc(S(=O)(=O)O)cc1.Cl. The summed E-state index contributed by atoms with van der Waals surface area (Å²) < 4.78 is 29.6. The number of aryl methyl sites for hydroxylation is 1. The molecule has 0 heterocycles. The minimum atomic E-state index is -4.02. The second kappa shape index (κ2) is 12.8. The molecule has 0 aliphatic rings. The molecule has 0 radical (unpaired) electrons. The molecule has 0 amide bonds. The van der Waals surface area contributed by atoms with Gasteiger partial charge in [-0.25, -0.2) is 0 Å². The Bertz CT molecular complexity index is 378. The predicted molar refractivity (Wildman–Crippen MR) is 78.2 cm³/mol. The maximum Gasteiger partial charge on any atom is 0.294 e. The van der Waals surface area contributed by atoms with Gasteiger partial charge >= 0.3 is 0 Å². The molecule has 1 aromatic carbocycles. The van der Waals surface area contributed by atoms with Gasteiger partial charge in [0.2, 0.25) is 0 Å². The van der Waals surface area contributed by atoms with Crippen LogP contribution in [0.5, 0.6) is 0 Å². The summed E-state index contributed by atoms with van der Waals surface area (Å²) in [6, 6.07) is 5.99. The first-order valence-electron chi connectivity index (χ1n) is 5.04. The summed E-state index contributed by atoms with van der Waals surface area (Å²) in [6.45, 7) is 1.84. The molecule has 0 saturated carbocycles. The van der Waals surface area contributed by atoms with Crippen LogP contribution in [0.1, 0.15) is 5.56 Å². The molecule has 0 atom stereocenters. The summed E-state index contributed by atoms with van der Waals surface area (Å²) in [5.74, 6) is 0. The van der Waals surface area contributed by atoms with E-state index in [1.807, 2.05) is 35.1 Å². The van der Waals surface area contributed by atoms with Gasteiger partial charge in [0.25, 0.3) is 10.1 Å². The lowest BCUT2D eigenvalue weighted by Gasteiger charge is -1.95. The van der Waals surface area contributed by atoms with E-state index in [-0.39, 0.29) is 17.3 Å². The second-order valence-corrected chi connectivity index (χ2v) is 4.71. The molecule has 0 aromatic heterocycles. The highest BCUT2D eigenvalue weighted by atomic mass is 35.5. The zero-order chi connectivity index (χ0) is 13.9. The van der Waals surface area contributed by atoms with E-state index in [9.17, 15) is 8.42 Å². The smallest absolute Gasteiger partial charge is 0.294 e. The topological polar surface area (TPSA) is 78.4 Å². The first-order chi connectivity index (χ1) is 7.83. The van der Waals surface area contributed by atoms with Crippen molar-refractivity contribution in [2.45, 2.75) is 11.8 Å². The van der Waals surface area contributed by atoms with Crippen molar-refractivity contribution in [3.63, 3.8) is 0 Å². The van der Waals surface area contributed by atoms with Crippen LogP contribution in [0.2, 0.25) is 0 Å². The molecular formula is C11H23ClN2O3S. The first-order valence-corrected chi connectivity index (χ1v) is 6.48. The van der Waals surface area contributed by atoms with Crippen LogP contribution in [-0.4, -0.2) is 41.2 Å². The minimum Gasteiger partial charge on any atom is -0.323 e. The normalized spacial score (nSPS) is 9.00. The first kappa shape index (κ1) is 22.5. The lowest BCUT2D eigenvalue weighted by Crippen LogP contribution is -1.96. The Morgan fingerprint density at radius 3 is 1.44 bits per heavy atom. The summed E-state index contributed by atoms with van der Waals surface area (Å²) in [4.78, 5) is -0.0666. The van der Waals surface area contributed by atoms with Crippen LogP contribution >= 0.6 is 12.4 Å². The third kappa shape index (κ3) is 13.4. The molecule has 0 bridgehead atoms. The average Bonchev–Trinajstić information content (AvgIpc) is 2.19. The van der Waals surface area contributed by atoms with E-state index in [4.69, 9.17) is 4.55 Å². The fourth-order valence-corrected chi connectivity index (χ4v) is 1.19. The standard InChI is InChI=1S/C7H8O3S.2C2H7N.ClH/c1-6-2-4-7(5-3-6)11(8,9)10;2*1-3-2;/h2-5H,1H3,(H,8,9,10);2*3H,1-2H3;1H. The van der Waals surface area contributed by atoms with Gasteiger partial charge in [-0.05, 0) is 47.2 Å². The summed E-state index contributed by atoms with van der Waals surface area (Å²) in [7, 11) is 3.48. The number of halogens is 1. The van der Waals surface area contributed by atoms with E-state index >= 15 is 0 Å². The number of hydrogen-bond donors (Lipinski definition) is 3. The largest absolute Gasteiger partial charge is 0.323 e. The zero-order valence-electron chi connectivity index (χ0n) is 11.4. The number of benzene rings is 1. The summed E-state index contributed by atoms with van der Waals surface area (Å²) in [5, 5.41) is 5.50. The van der Waals surface area contributed by atoms with Crippen LogP contribution in [0.3, 0.4) is 0 Å². The molecule has 1 aromatic rings. The van der Waals surface area contributed by atoms with Crippen molar-refractivity contribution >= 4 is 22.5 Å². The molecule has 1 rings (SSSR count). The third-order valence-corrected chi connectivity index (χ3v) is 2.19. The third-order valence-electron chi connectivity index (χ3n) is 1.32. The molecule has 3 N–H and O–H groups in total. The average molecular weight is 299 g/mol. The molecule has 0 aliphatic carbocycles. The molecular weight excluding hydrogens is 276 g/mol. The van der Waals surface area contributed by atoms with Gasteiger partial charge in [0.15, 0.2) is 0 Å². The van der Waals surface area contributed by atoms with E-state index in [0.717, 1.165) is 5.56 Å². The lowest BCUT2D eigenvalue weighted by atomic mass is 10.2. The van der Waals surface area contributed by atoms with E-state index in [2.05, 4.69) is 10.6 Å². The quantitative estimate of drug-likeness (QED) is 0.682. The van der Waals surface area contributed by atoms with Crippen molar-refractivity contribution < 1.29 is 13.0 Å². The van der Waals surface area contributed by atoms with Gasteiger partial charge < -0.3 is 10.6 Å². The Morgan fingerprint density at radius 1 is 0.944 bits per heavy atom. The Labute approximate surface area is 116 Å². The summed E-state index contributed by atoms with van der Waals surface area (Å²) in [5.41, 5.74) is 0.956. The van der Waals surface area contributed by atoms with Crippen molar-refractivity contribution in [2.24, 2.45) is 0 Å². The van der Waals surface area contributed by atoms with Gasteiger partial charge in [-0.3, -0.25) is 4.55 Å². The Morgan fingerprint density at radius 2 is 1.22 bits per heavy atom. The Kier molecular flexibility index (Phi) is 16.0. The fourth-order valence-electron chi connectivity index (χ4n) is 0.710. The highest BCUT2D eigenvalue weighted by molar-refractivity contribution is 7.85. The molecule has 108 valence electrons. The predicted octanol–water partition coefficient (Wildman–Crippen LogP) is 1.33. The number of nitrogens with one attached hydrogen (secondary N) is 2. The monoisotopic (exact) mass is 298 g/mol. The van der Waals surface area contributed by atoms with Gasteiger partial charge in [0, 0.05) is 0 Å². The number of hydrogen-bond acceptors (Lipinski definition) is 4. The molecule has 0 saturated heterocycles. The molecule has 7 heteroatoms. The van der Waals surface area contributed by atoms with E-state index in [1.165, 1.54) is 12.1 Å². The highest BCUT2D eigenvalue weighted by Crippen LogP contribution is 2.08. The maximum absolute atomic E-state index is 10.5. The van der Waals surface area contributed by atoms with Gasteiger partial charge in [-0.15, -0.1) is 12.4 Å². The highest BCUT2D eigenvalue weighted by Gasteiger charge is 2.06. The zero-order valence-corrected chi connectivity index (χ0v) is 13.0. The van der Waals surface area contributed by atoms with Crippen molar-refractivity contribution in [1.82, 2.24) is 10.6 Å². The van der Waals surface area contributed by atoms with Gasteiger partial charge in [0.1, 0.15) is 0 Å².